The molecule has 0 bridgehead atoms. The number of amides is 2. The van der Waals surface area contributed by atoms with Gasteiger partial charge in [-0.2, -0.15) is 0 Å². The number of nitrogens with one attached hydrogen (secondary N) is 3. The van der Waals surface area contributed by atoms with Crippen molar-refractivity contribution in [2.24, 2.45) is 5.92 Å². The number of likely N-dealkylation sites (tertiary alicyclic amines) is 1. The van der Waals surface area contributed by atoms with Crippen LogP contribution in [0.25, 0.3) is 0 Å². The highest BCUT2D eigenvalue weighted by Gasteiger charge is 2.43. The van der Waals surface area contributed by atoms with E-state index >= 15 is 0 Å². The maximum Gasteiger partial charge on any atom is 0.252 e. The Hall–Kier alpha value is -2.86. The summed E-state index contributed by atoms with van der Waals surface area (Å²) in [4.78, 5) is 28.4. The zero-order valence-corrected chi connectivity index (χ0v) is 19.7. The molecule has 6 heteroatoms. The fourth-order valence-corrected chi connectivity index (χ4v) is 5.86. The van der Waals surface area contributed by atoms with Gasteiger partial charge >= 0.3 is 0 Å². The molecule has 2 aromatic carbocycles. The van der Waals surface area contributed by atoms with Crippen LogP contribution in [0, 0.1) is 12.8 Å². The first-order valence-corrected chi connectivity index (χ1v) is 12.2. The average Bonchev–Trinajstić information content (AvgIpc) is 2.82. The molecule has 2 amide bonds. The number of nitrogens with zero attached hydrogens (tertiary/aromatic N) is 1. The van der Waals surface area contributed by atoms with Gasteiger partial charge in [0, 0.05) is 36.9 Å². The van der Waals surface area contributed by atoms with E-state index in [1.807, 2.05) is 49.2 Å². The molecule has 2 fully saturated rings. The topological polar surface area (TPSA) is 73.5 Å². The first-order valence-electron chi connectivity index (χ1n) is 12.2. The molecule has 0 aromatic heterocycles. The van der Waals surface area contributed by atoms with Crippen LogP contribution in [0.15, 0.2) is 42.5 Å². The van der Waals surface area contributed by atoms with Gasteiger partial charge in [-0.15, -0.1) is 0 Å². The molecule has 0 aliphatic carbocycles. The number of anilines is 1. The molecule has 3 aliphatic rings. The quantitative estimate of drug-likeness (QED) is 0.676. The van der Waals surface area contributed by atoms with Gasteiger partial charge in [-0.3, -0.25) is 9.59 Å². The van der Waals surface area contributed by atoms with E-state index in [1.165, 1.54) is 5.56 Å². The van der Waals surface area contributed by atoms with Gasteiger partial charge in [-0.05, 0) is 80.3 Å². The molecule has 5 unspecified atom stereocenters. The minimum atomic E-state index is -0.195. The lowest BCUT2D eigenvalue weighted by molar-refractivity contribution is -0.140. The number of carbonyl (C=O) groups is 2. The molecule has 3 N–H and O–H groups in total. The number of para-hydroxylation sites is 1. The highest BCUT2D eigenvalue weighted by atomic mass is 16.2. The third kappa shape index (κ3) is 4.24. The van der Waals surface area contributed by atoms with E-state index in [2.05, 4.69) is 35.0 Å². The van der Waals surface area contributed by atoms with Crippen molar-refractivity contribution in [3.63, 3.8) is 0 Å². The lowest BCUT2D eigenvalue weighted by atomic mass is 9.75. The Morgan fingerprint density at radius 3 is 2.82 bits per heavy atom. The SMILES string of the molecule is Cc1ccc(C(=O)NC2CCc3ccccc3N2)cc1C1CC2CNC(C)CC2N(C)C1=O. The van der Waals surface area contributed by atoms with Crippen LogP contribution in [0.3, 0.4) is 0 Å². The molecule has 3 heterocycles. The monoisotopic (exact) mass is 446 g/mol. The number of hydrogen-bond acceptors (Lipinski definition) is 4. The number of likely N-dealkylation sites (N-methyl/N-ethyl adjacent to an activating group) is 1. The van der Waals surface area contributed by atoms with Gasteiger partial charge in [-0.25, -0.2) is 0 Å². The fourth-order valence-electron chi connectivity index (χ4n) is 5.86. The van der Waals surface area contributed by atoms with Crippen molar-refractivity contribution in [2.45, 2.75) is 63.7 Å². The molecule has 174 valence electrons. The summed E-state index contributed by atoms with van der Waals surface area (Å²) in [6.45, 7) is 5.16. The summed E-state index contributed by atoms with van der Waals surface area (Å²) in [7, 11) is 1.95. The summed E-state index contributed by atoms with van der Waals surface area (Å²) < 4.78 is 0. The Morgan fingerprint density at radius 1 is 1.15 bits per heavy atom. The van der Waals surface area contributed by atoms with Crippen LogP contribution >= 0.6 is 0 Å². The van der Waals surface area contributed by atoms with Crippen LogP contribution in [-0.4, -0.2) is 48.6 Å². The van der Waals surface area contributed by atoms with E-state index in [-0.39, 0.29) is 23.9 Å². The Bertz CT molecular complexity index is 1070. The van der Waals surface area contributed by atoms with E-state index in [0.29, 0.717) is 23.6 Å². The van der Waals surface area contributed by atoms with E-state index in [9.17, 15) is 9.59 Å². The number of piperidine rings is 2. The summed E-state index contributed by atoms with van der Waals surface area (Å²) in [6.07, 6.45) is 3.52. The van der Waals surface area contributed by atoms with E-state index < -0.39 is 0 Å². The predicted octanol–water partition coefficient (Wildman–Crippen LogP) is 3.42. The summed E-state index contributed by atoms with van der Waals surface area (Å²) in [5, 5.41) is 10.2. The van der Waals surface area contributed by atoms with Gasteiger partial charge < -0.3 is 20.9 Å². The molecule has 0 saturated carbocycles. The predicted molar refractivity (Wildman–Crippen MR) is 130 cm³/mol. The van der Waals surface area contributed by atoms with Gasteiger partial charge in [0.2, 0.25) is 5.91 Å². The maximum atomic E-state index is 13.3. The fraction of sp³-hybridized carbons (Fsp3) is 0.481. The summed E-state index contributed by atoms with van der Waals surface area (Å²) in [5.41, 5.74) is 5.03. The average molecular weight is 447 g/mol. The number of fused-ring (bicyclic) bond motifs is 2. The van der Waals surface area contributed by atoms with Crippen LogP contribution in [0.4, 0.5) is 5.69 Å². The number of rotatable bonds is 3. The van der Waals surface area contributed by atoms with Crippen molar-refractivity contribution in [3.05, 3.63) is 64.7 Å². The standard InChI is InChI=1S/C27H34N4O2/c1-16-8-9-19(26(32)30-25-11-10-18-6-4-5-7-23(18)29-25)13-21(16)22-14-20-15-28-17(2)12-24(20)31(3)27(22)33/h4-9,13,17,20,22,24-25,28-29H,10-12,14-15H2,1-3H3,(H,30,32). The summed E-state index contributed by atoms with van der Waals surface area (Å²) >= 11 is 0. The lowest BCUT2D eigenvalue weighted by Gasteiger charge is -2.47. The van der Waals surface area contributed by atoms with E-state index in [4.69, 9.17) is 0 Å². The molecule has 0 spiro atoms. The van der Waals surface area contributed by atoms with Gasteiger partial charge in [0.15, 0.2) is 0 Å². The second-order valence-corrected chi connectivity index (χ2v) is 10.0. The van der Waals surface area contributed by atoms with Crippen LogP contribution in [-0.2, 0) is 11.2 Å². The molecule has 6 nitrogen and oxygen atoms in total. The summed E-state index contributed by atoms with van der Waals surface area (Å²) in [6, 6.07) is 14.8. The van der Waals surface area contributed by atoms with Crippen molar-refractivity contribution < 1.29 is 9.59 Å². The van der Waals surface area contributed by atoms with Crippen molar-refractivity contribution in [1.82, 2.24) is 15.5 Å². The summed E-state index contributed by atoms with van der Waals surface area (Å²) in [5.74, 6) is 0.323. The Morgan fingerprint density at radius 2 is 1.97 bits per heavy atom. The van der Waals surface area contributed by atoms with Crippen molar-refractivity contribution in [2.75, 3.05) is 18.9 Å². The van der Waals surface area contributed by atoms with Gasteiger partial charge in [-0.1, -0.05) is 24.3 Å². The molecule has 2 saturated heterocycles. The smallest absolute Gasteiger partial charge is 0.252 e. The zero-order chi connectivity index (χ0) is 23.1. The first-order chi connectivity index (χ1) is 15.9. The van der Waals surface area contributed by atoms with Crippen molar-refractivity contribution in [3.8, 4) is 0 Å². The van der Waals surface area contributed by atoms with Crippen LogP contribution in [0.5, 0.6) is 0 Å². The molecule has 5 rings (SSSR count). The third-order valence-corrected chi connectivity index (χ3v) is 7.82. The lowest BCUT2D eigenvalue weighted by Crippen LogP contribution is -2.57. The Balaban J connectivity index is 1.33. The Labute approximate surface area is 196 Å². The van der Waals surface area contributed by atoms with Crippen molar-refractivity contribution in [1.29, 1.82) is 0 Å². The minimum Gasteiger partial charge on any atom is -0.365 e. The second kappa shape index (κ2) is 8.82. The number of aryl methyl sites for hydroxylation is 2. The van der Waals surface area contributed by atoms with E-state index in [0.717, 1.165) is 49.0 Å². The number of hydrogen-bond donors (Lipinski definition) is 3. The van der Waals surface area contributed by atoms with E-state index in [1.54, 1.807) is 0 Å². The highest BCUT2D eigenvalue weighted by molar-refractivity contribution is 5.95. The van der Waals surface area contributed by atoms with Gasteiger partial charge in [0.1, 0.15) is 0 Å². The highest BCUT2D eigenvalue weighted by Crippen LogP contribution is 2.38. The number of carbonyl (C=O) groups excluding carboxylic acids is 2. The Kier molecular flexibility index (Phi) is 5.87. The largest absolute Gasteiger partial charge is 0.365 e. The van der Waals surface area contributed by atoms with Crippen LogP contribution < -0.4 is 16.0 Å². The van der Waals surface area contributed by atoms with Crippen molar-refractivity contribution >= 4 is 17.5 Å². The number of benzene rings is 2. The molecule has 2 aromatic rings. The van der Waals surface area contributed by atoms with Gasteiger partial charge in [0.05, 0.1) is 12.1 Å². The maximum absolute atomic E-state index is 13.3. The third-order valence-electron chi connectivity index (χ3n) is 7.82. The molecule has 3 aliphatic heterocycles. The first kappa shape index (κ1) is 22.0. The molecule has 0 radical (unpaired) electrons. The zero-order valence-electron chi connectivity index (χ0n) is 19.7. The molecular weight excluding hydrogens is 412 g/mol. The minimum absolute atomic E-state index is 0.101. The molecule has 33 heavy (non-hydrogen) atoms. The molecular formula is C27H34N4O2. The van der Waals surface area contributed by atoms with Crippen LogP contribution in [0.1, 0.15) is 59.2 Å². The normalized spacial score (nSPS) is 29.0. The second-order valence-electron chi connectivity index (χ2n) is 10.0. The van der Waals surface area contributed by atoms with Gasteiger partial charge in [0.25, 0.3) is 5.91 Å². The van der Waals surface area contributed by atoms with Crippen LogP contribution in [0.2, 0.25) is 0 Å². The molecule has 5 atom stereocenters.